The fourth-order valence-corrected chi connectivity index (χ4v) is 3.63. The number of carbonyl (C=O) groups is 2. The molecular weight excluding hydrogens is 358 g/mol. The molecule has 140 valence electrons. The molecule has 1 aliphatic heterocycles. The van der Waals surface area contributed by atoms with Crippen molar-refractivity contribution < 1.29 is 9.59 Å². The first-order chi connectivity index (χ1) is 11.5. The predicted molar refractivity (Wildman–Crippen MR) is 107 cm³/mol. The number of piperidine rings is 1. The molecule has 25 heavy (non-hydrogen) atoms. The van der Waals surface area contributed by atoms with Gasteiger partial charge in [-0.05, 0) is 45.2 Å². The fraction of sp³-hybridized carbons (Fsp3) is 0.556. The number of likely N-dealkylation sites (tertiary alicyclic amines) is 1. The number of rotatable bonds is 6. The van der Waals surface area contributed by atoms with Crippen molar-refractivity contribution in [2.75, 3.05) is 24.2 Å². The third kappa shape index (κ3) is 6.53. The second kappa shape index (κ2) is 10.7. The maximum Gasteiger partial charge on any atom is 0.235 e. The number of anilines is 1. The summed E-state index contributed by atoms with van der Waals surface area (Å²) in [5.41, 5.74) is 7.72. The Kier molecular flexibility index (Phi) is 9.32. The van der Waals surface area contributed by atoms with Gasteiger partial charge in [0.25, 0.3) is 0 Å². The minimum Gasteiger partial charge on any atom is -0.337 e. The Labute approximate surface area is 160 Å². The molecule has 1 aromatic carbocycles. The van der Waals surface area contributed by atoms with E-state index in [4.69, 9.17) is 5.73 Å². The van der Waals surface area contributed by atoms with Crippen LogP contribution in [-0.2, 0) is 9.59 Å². The minimum atomic E-state index is -0.235. The number of amides is 2. The van der Waals surface area contributed by atoms with Crippen LogP contribution in [0.4, 0.5) is 5.69 Å². The number of hydrogen-bond acceptors (Lipinski definition) is 4. The molecule has 7 heteroatoms. The number of nitrogens with one attached hydrogen (secondary N) is 1. The van der Waals surface area contributed by atoms with Crippen LogP contribution >= 0.6 is 24.2 Å². The van der Waals surface area contributed by atoms with Gasteiger partial charge in [-0.1, -0.05) is 17.7 Å². The van der Waals surface area contributed by atoms with E-state index < -0.39 is 0 Å². The van der Waals surface area contributed by atoms with E-state index in [1.807, 2.05) is 43.0 Å². The third-order valence-corrected chi connectivity index (χ3v) is 5.46. The molecule has 1 aliphatic rings. The quantitative estimate of drug-likeness (QED) is 0.789. The van der Waals surface area contributed by atoms with E-state index in [2.05, 4.69) is 5.32 Å². The lowest BCUT2D eigenvalue weighted by molar-refractivity contribution is -0.133. The lowest BCUT2D eigenvalue weighted by Crippen LogP contribution is -2.50. The van der Waals surface area contributed by atoms with Crippen molar-refractivity contribution in [1.29, 1.82) is 0 Å². The topological polar surface area (TPSA) is 75.4 Å². The molecule has 5 nitrogen and oxygen atoms in total. The third-order valence-electron chi connectivity index (χ3n) is 4.33. The highest BCUT2D eigenvalue weighted by molar-refractivity contribution is 8.01. The maximum atomic E-state index is 12.6. The summed E-state index contributed by atoms with van der Waals surface area (Å²) in [7, 11) is 0. The van der Waals surface area contributed by atoms with Gasteiger partial charge in [-0.25, -0.2) is 0 Å². The minimum absolute atomic E-state index is 0. The Morgan fingerprint density at radius 2 is 2.00 bits per heavy atom. The van der Waals surface area contributed by atoms with Gasteiger partial charge in [-0.15, -0.1) is 24.2 Å². The van der Waals surface area contributed by atoms with Gasteiger partial charge in [0.2, 0.25) is 11.8 Å². The molecular formula is C18H28ClN3O2S. The summed E-state index contributed by atoms with van der Waals surface area (Å²) in [6.45, 7) is 5.16. The lowest BCUT2D eigenvalue weighted by atomic mass is 10.0. The van der Waals surface area contributed by atoms with E-state index in [1.54, 1.807) is 0 Å². The molecule has 2 amide bonds. The molecule has 3 N–H and O–H groups in total. The van der Waals surface area contributed by atoms with Gasteiger partial charge in [0.15, 0.2) is 0 Å². The molecule has 0 aliphatic carbocycles. The van der Waals surface area contributed by atoms with Gasteiger partial charge in [0.1, 0.15) is 0 Å². The lowest BCUT2D eigenvalue weighted by Gasteiger charge is -2.36. The molecule has 1 fully saturated rings. The summed E-state index contributed by atoms with van der Waals surface area (Å²) < 4.78 is 0. The zero-order chi connectivity index (χ0) is 17.5. The maximum absolute atomic E-state index is 12.6. The van der Waals surface area contributed by atoms with E-state index in [0.29, 0.717) is 6.54 Å². The Hall–Kier alpha value is -1.24. The molecule has 0 saturated carbocycles. The summed E-state index contributed by atoms with van der Waals surface area (Å²) in [6.07, 6.45) is 3.15. The van der Waals surface area contributed by atoms with Crippen molar-refractivity contribution in [2.24, 2.45) is 5.73 Å². The van der Waals surface area contributed by atoms with Crippen LogP contribution in [0, 0.1) is 6.92 Å². The van der Waals surface area contributed by atoms with Gasteiger partial charge >= 0.3 is 0 Å². The summed E-state index contributed by atoms with van der Waals surface area (Å²) in [5, 5.41) is 2.62. The van der Waals surface area contributed by atoms with E-state index in [9.17, 15) is 9.59 Å². The molecule has 0 radical (unpaired) electrons. The molecule has 2 rings (SSSR count). The number of halogens is 1. The number of hydrogen-bond donors (Lipinski definition) is 2. The van der Waals surface area contributed by atoms with Crippen molar-refractivity contribution >= 4 is 41.7 Å². The largest absolute Gasteiger partial charge is 0.337 e. The average molecular weight is 386 g/mol. The fourth-order valence-electron chi connectivity index (χ4n) is 2.88. The van der Waals surface area contributed by atoms with Crippen LogP contribution in [0.3, 0.4) is 0 Å². The van der Waals surface area contributed by atoms with E-state index >= 15 is 0 Å². The van der Waals surface area contributed by atoms with Gasteiger partial charge in [-0.2, -0.15) is 0 Å². The van der Waals surface area contributed by atoms with E-state index in [0.717, 1.165) is 37.1 Å². The zero-order valence-electron chi connectivity index (χ0n) is 14.9. The van der Waals surface area contributed by atoms with Gasteiger partial charge in [0, 0.05) is 24.8 Å². The number of nitrogens with zero attached hydrogens (tertiary/aromatic N) is 1. The highest BCUT2D eigenvalue weighted by Crippen LogP contribution is 2.21. The number of aryl methyl sites for hydroxylation is 1. The van der Waals surface area contributed by atoms with Crippen LogP contribution in [0.1, 0.15) is 31.7 Å². The van der Waals surface area contributed by atoms with E-state index in [1.165, 1.54) is 11.8 Å². The number of thioether (sulfide) groups is 1. The molecule has 0 bridgehead atoms. The summed E-state index contributed by atoms with van der Waals surface area (Å²) in [5.74, 6) is 0.276. The highest BCUT2D eigenvalue weighted by Gasteiger charge is 2.29. The van der Waals surface area contributed by atoms with Crippen LogP contribution < -0.4 is 11.1 Å². The van der Waals surface area contributed by atoms with Crippen molar-refractivity contribution in [3.8, 4) is 0 Å². The predicted octanol–water partition coefficient (Wildman–Crippen LogP) is 2.82. The molecule has 2 unspecified atom stereocenters. The molecule has 0 spiro atoms. The summed E-state index contributed by atoms with van der Waals surface area (Å²) >= 11 is 1.38. The van der Waals surface area contributed by atoms with Gasteiger partial charge in [-0.3, -0.25) is 9.59 Å². The van der Waals surface area contributed by atoms with Crippen molar-refractivity contribution in [1.82, 2.24) is 4.90 Å². The second-order valence-corrected chi connectivity index (χ2v) is 7.61. The summed E-state index contributed by atoms with van der Waals surface area (Å²) in [6, 6.07) is 7.82. The number of benzene rings is 1. The highest BCUT2D eigenvalue weighted by atomic mass is 35.5. The monoisotopic (exact) mass is 385 g/mol. The normalized spacial score (nSPS) is 18.2. The first-order valence-electron chi connectivity index (χ1n) is 8.50. The molecule has 0 aromatic heterocycles. The van der Waals surface area contributed by atoms with Crippen LogP contribution in [-0.4, -0.2) is 46.8 Å². The van der Waals surface area contributed by atoms with Crippen molar-refractivity contribution in [3.63, 3.8) is 0 Å². The van der Waals surface area contributed by atoms with Crippen molar-refractivity contribution in [2.45, 2.75) is 44.4 Å². The van der Waals surface area contributed by atoms with Crippen LogP contribution in [0.15, 0.2) is 24.3 Å². The van der Waals surface area contributed by atoms with Crippen LogP contribution in [0.5, 0.6) is 0 Å². The Balaban J connectivity index is 0.00000312. The number of carbonyl (C=O) groups excluding carboxylic acids is 2. The standard InChI is InChI=1S/C18H27N3O2S.ClH/c1-13-6-8-15(9-7-13)20-17(22)12-24-14(2)18(23)21-10-4-3-5-16(21)11-19;/h6-9,14,16H,3-5,10-12,19H2,1-2H3,(H,20,22);1H. The van der Waals surface area contributed by atoms with E-state index in [-0.39, 0.29) is 41.3 Å². The smallest absolute Gasteiger partial charge is 0.235 e. The van der Waals surface area contributed by atoms with Crippen molar-refractivity contribution in [3.05, 3.63) is 29.8 Å². The molecule has 1 heterocycles. The molecule has 2 atom stereocenters. The molecule has 1 saturated heterocycles. The number of nitrogens with two attached hydrogens (primary N) is 1. The first-order valence-corrected chi connectivity index (χ1v) is 9.55. The Morgan fingerprint density at radius 1 is 1.32 bits per heavy atom. The second-order valence-electron chi connectivity index (χ2n) is 6.28. The van der Waals surface area contributed by atoms with Gasteiger partial charge < -0.3 is 16.0 Å². The average Bonchev–Trinajstić information content (AvgIpc) is 2.61. The SMILES string of the molecule is Cc1ccc(NC(=O)CSC(C)C(=O)N2CCCCC2CN)cc1.Cl. The Morgan fingerprint density at radius 3 is 2.64 bits per heavy atom. The zero-order valence-corrected chi connectivity index (χ0v) is 16.5. The first kappa shape index (κ1) is 21.8. The van der Waals surface area contributed by atoms with Crippen LogP contribution in [0.2, 0.25) is 0 Å². The Bertz CT molecular complexity index is 568. The van der Waals surface area contributed by atoms with Gasteiger partial charge in [0.05, 0.1) is 11.0 Å². The summed E-state index contributed by atoms with van der Waals surface area (Å²) in [4.78, 5) is 26.5. The molecule has 1 aromatic rings. The van der Waals surface area contributed by atoms with Crippen LogP contribution in [0.25, 0.3) is 0 Å².